The van der Waals surface area contributed by atoms with Crippen LogP contribution in [0.2, 0.25) is 0 Å². The monoisotopic (exact) mass is 691 g/mol. The zero-order chi connectivity index (χ0) is 35.6. The summed E-state index contributed by atoms with van der Waals surface area (Å²) in [6.45, 7) is 0. The van der Waals surface area contributed by atoms with Crippen molar-refractivity contribution >= 4 is 54.6 Å². The summed E-state index contributed by atoms with van der Waals surface area (Å²) < 4.78 is 12.6. The third-order valence-corrected chi connectivity index (χ3v) is 10.3. The summed E-state index contributed by atoms with van der Waals surface area (Å²) in [7, 11) is 0. The Morgan fingerprint density at radius 3 is 1.70 bits per heavy atom. The first-order valence-corrected chi connectivity index (χ1v) is 18.0. The molecule has 0 aliphatic carbocycles. The molecule has 0 saturated heterocycles. The van der Waals surface area contributed by atoms with Gasteiger partial charge >= 0.3 is 0 Å². The molecule has 252 valence electrons. The van der Waals surface area contributed by atoms with Crippen LogP contribution in [0.5, 0.6) is 0 Å². The van der Waals surface area contributed by atoms with Crippen molar-refractivity contribution in [2.75, 3.05) is 0 Å². The first-order valence-electron chi connectivity index (χ1n) is 18.0. The molecule has 54 heavy (non-hydrogen) atoms. The number of furan rings is 2. The number of aromatic nitrogens is 3. The number of nitrogens with zero attached hydrogens (tertiary/aromatic N) is 3. The maximum absolute atomic E-state index is 6.45. The van der Waals surface area contributed by atoms with Crippen LogP contribution in [-0.4, -0.2) is 15.0 Å². The molecule has 11 aromatic rings. The van der Waals surface area contributed by atoms with E-state index in [-0.39, 0.29) is 0 Å². The Morgan fingerprint density at radius 2 is 0.870 bits per heavy atom. The Kier molecular flexibility index (Phi) is 6.79. The van der Waals surface area contributed by atoms with E-state index in [9.17, 15) is 0 Å². The SMILES string of the molecule is c1ccc(-c2cccc(-c3nc(-c4ccc5cc(-c6cccc7oc8ccccc8c67)ccc5c4)nc(-c4cccc5c4oc4ccccc45)n3)c2)cc1. The molecule has 8 aromatic carbocycles. The van der Waals surface area contributed by atoms with E-state index in [4.69, 9.17) is 23.8 Å². The van der Waals surface area contributed by atoms with Gasteiger partial charge in [0.25, 0.3) is 0 Å². The van der Waals surface area contributed by atoms with Crippen LogP contribution in [-0.2, 0) is 0 Å². The quantitative estimate of drug-likeness (QED) is 0.180. The first kappa shape index (κ1) is 30.3. The molecule has 0 N–H and O–H groups in total. The summed E-state index contributed by atoms with van der Waals surface area (Å²) in [5.74, 6) is 1.74. The van der Waals surface area contributed by atoms with Crippen molar-refractivity contribution in [1.82, 2.24) is 15.0 Å². The predicted octanol–water partition coefficient (Wildman–Crippen LogP) is 13.2. The van der Waals surface area contributed by atoms with Crippen LogP contribution in [0.1, 0.15) is 0 Å². The third-order valence-electron chi connectivity index (χ3n) is 10.3. The van der Waals surface area contributed by atoms with Crippen molar-refractivity contribution in [2.45, 2.75) is 0 Å². The van der Waals surface area contributed by atoms with Gasteiger partial charge in [0, 0.05) is 32.7 Å². The van der Waals surface area contributed by atoms with Gasteiger partial charge in [0.1, 0.15) is 22.3 Å². The summed E-state index contributed by atoms with van der Waals surface area (Å²) in [6, 6.07) is 60.5. The Labute approximate surface area is 309 Å². The van der Waals surface area contributed by atoms with Crippen LogP contribution >= 0.6 is 0 Å². The highest BCUT2D eigenvalue weighted by Crippen LogP contribution is 2.39. The van der Waals surface area contributed by atoms with Crippen LogP contribution in [0, 0.1) is 0 Å². The van der Waals surface area contributed by atoms with Crippen molar-refractivity contribution in [3.63, 3.8) is 0 Å². The molecule has 0 unspecified atom stereocenters. The molecule has 0 aliphatic heterocycles. The molecule has 0 spiro atoms. The second-order valence-corrected chi connectivity index (χ2v) is 13.6. The third kappa shape index (κ3) is 4.98. The lowest BCUT2D eigenvalue weighted by molar-refractivity contribution is 0.669. The second-order valence-electron chi connectivity index (χ2n) is 13.6. The molecule has 3 aromatic heterocycles. The molecule has 11 rings (SSSR count). The van der Waals surface area contributed by atoms with E-state index in [1.54, 1.807) is 0 Å². The predicted molar refractivity (Wildman–Crippen MR) is 219 cm³/mol. The lowest BCUT2D eigenvalue weighted by Crippen LogP contribution is -2.00. The number of hydrogen-bond donors (Lipinski definition) is 0. The molecular formula is C49H29N3O2. The maximum atomic E-state index is 6.45. The average Bonchev–Trinajstić information content (AvgIpc) is 3.82. The van der Waals surface area contributed by atoms with Gasteiger partial charge in [0.15, 0.2) is 17.5 Å². The summed E-state index contributed by atoms with van der Waals surface area (Å²) in [5.41, 5.74) is 10.5. The minimum Gasteiger partial charge on any atom is -0.456 e. The van der Waals surface area contributed by atoms with Gasteiger partial charge in [-0.2, -0.15) is 0 Å². The van der Waals surface area contributed by atoms with Gasteiger partial charge in [-0.05, 0) is 75.5 Å². The van der Waals surface area contributed by atoms with Crippen molar-refractivity contribution in [2.24, 2.45) is 0 Å². The van der Waals surface area contributed by atoms with E-state index in [1.807, 2.05) is 54.6 Å². The highest BCUT2D eigenvalue weighted by Gasteiger charge is 2.19. The molecule has 0 amide bonds. The lowest BCUT2D eigenvalue weighted by Gasteiger charge is -2.11. The van der Waals surface area contributed by atoms with Crippen LogP contribution in [0.4, 0.5) is 0 Å². The maximum Gasteiger partial charge on any atom is 0.167 e. The molecule has 5 heteroatoms. The van der Waals surface area contributed by atoms with Crippen LogP contribution in [0.15, 0.2) is 185 Å². The Bertz CT molecular complexity index is 3230. The zero-order valence-corrected chi connectivity index (χ0v) is 28.9. The fourth-order valence-electron chi connectivity index (χ4n) is 7.71. The number of hydrogen-bond acceptors (Lipinski definition) is 5. The molecule has 0 aliphatic rings. The molecule has 0 radical (unpaired) electrons. The van der Waals surface area contributed by atoms with Gasteiger partial charge in [0.05, 0.1) is 5.56 Å². The van der Waals surface area contributed by atoms with Gasteiger partial charge in [-0.1, -0.05) is 133 Å². The Balaban J connectivity index is 1.07. The van der Waals surface area contributed by atoms with E-state index < -0.39 is 0 Å². The minimum absolute atomic E-state index is 0.556. The summed E-state index contributed by atoms with van der Waals surface area (Å²) in [6.07, 6.45) is 0. The van der Waals surface area contributed by atoms with Gasteiger partial charge in [-0.15, -0.1) is 0 Å². The molecule has 0 atom stereocenters. The van der Waals surface area contributed by atoms with Crippen molar-refractivity contribution in [3.8, 4) is 56.4 Å². The zero-order valence-electron chi connectivity index (χ0n) is 28.9. The fourth-order valence-corrected chi connectivity index (χ4v) is 7.71. The normalized spacial score (nSPS) is 11.7. The standard InChI is InChI=1S/C49H29N3O2/c1-2-11-30(12-3-1)31-13-8-14-35(28-31)47-50-48(52-49(51-47)41-19-9-18-39-38-15-4-6-20-42(38)54-46(39)41)36-26-24-32-27-34(25-23-33(32)29-36)37-17-10-22-44-45(37)40-16-5-7-21-43(40)53-44/h1-29H. The number of fused-ring (bicyclic) bond motifs is 7. The van der Waals surface area contributed by atoms with E-state index in [1.165, 1.54) is 0 Å². The number of rotatable bonds is 5. The molecule has 0 bridgehead atoms. The summed E-state index contributed by atoms with van der Waals surface area (Å²) in [4.78, 5) is 15.4. The van der Waals surface area contributed by atoms with E-state index >= 15 is 0 Å². The Morgan fingerprint density at radius 1 is 0.315 bits per heavy atom. The lowest BCUT2D eigenvalue weighted by atomic mass is 9.96. The molecule has 0 fully saturated rings. The van der Waals surface area contributed by atoms with Gasteiger partial charge in [-0.25, -0.2) is 15.0 Å². The van der Waals surface area contributed by atoms with Crippen molar-refractivity contribution < 1.29 is 8.83 Å². The largest absolute Gasteiger partial charge is 0.456 e. The first-order chi connectivity index (χ1) is 26.7. The van der Waals surface area contributed by atoms with Crippen molar-refractivity contribution in [1.29, 1.82) is 0 Å². The summed E-state index contributed by atoms with van der Waals surface area (Å²) >= 11 is 0. The Hall–Kier alpha value is -7.37. The number of para-hydroxylation sites is 3. The highest BCUT2D eigenvalue weighted by molar-refractivity contribution is 6.13. The molecule has 5 nitrogen and oxygen atoms in total. The van der Waals surface area contributed by atoms with E-state index in [0.717, 1.165) is 93.6 Å². The molecular weight excluding hydrogens is 663 g/mol. The van der Waals surface area contributed by atoms with Gasteiger partial charge in [0.2, 0.25) is 0 Å². The van der Waals surface area contributed by atoms with E-state index in [2.05, 4.69) is 121 Å². The van der Waals surface area contributed by atoms with Crippen LogP contribution < -0.4 is 0 Å². The minimum atomic E-state index is 0.556. The van der Waals surface area contributed by atoms with Crippen molar-refractivity contribution in [3.05, 3.63) is 176 Å². The molecule has 3 heterocycles. The average molecular weight is 692 g/mol. The fraction of sp³-hybridized carbons (Fsp3) is 0. The highest BCUT2D eigenvalue weighted by atomic mass is 16.3. The van der Waals surface area contributed by atoms with Gasteiger partial charge < -0.3 is 8.83 Å². The van der Waals surface area contributed by atoms with Gasteiger partial charge in [-0.3, -0.25) is 0 Å². The van der Waals surface area contributed by atoms with Crippen LogP contribution in [0.25, 0.3) is 111 Å². The summed E-state index contributed by atoms with van der Waals surface area (Å²) in [5, 5.41) is 6.55. The smallest absolute Gasteiger partial charge is 0.167 e. The number of benzene rings is 8. The topological polar surface area (TPSA) is 65.0 Å². The van der Waals surface area contributed by atoms with Crippen LogP contribution in [0.3, 0.4) is 0 Å². The second kappa shape index (κ2) is 12.1. The van der Waals surface area contributed by atoms with E-state index in [0.29, 0.717) is 17.5 Å². The molecule has 0 saturated carbocycles.